The van der Waals surface area contributed by atoms with Crippen molar-refractivity contribution >= 4 is 29.2 Å². The van der Waals surface area contributed by atoms with E-state index < -0.39 is 6.09 Å². The molecule has 2 aromatic carbocycles. The molecule has 0 saturated carbocycles. The average Bonchev–Trinajstić information content (AvgIpc) is 2.74. The van der Waals surface area contributed by atoms with Gasteiger partial charge in [-0.1, -0.05) is 12.1 Å². The van der Waals surface area contributed by atoms with E-state index in [0.29, 0.717) is 44.2 Å². The molecule has 0 aromatic heterocycles. The summed E-state index contributed by atoms with van der Waals surface area (Å²) in [5.74, 6) is 0.226. The van der Waals surface area contributed by atoms with E-state index in [0.717, 1.165) is 5.69 Å². The second kappa shape index (κ2) is 10.4. The van der Waals surface area contributed by atoms with E-state index in [-0.39, 0.29) is 18.4 Å². The molecule has 0 bridgehead atoms. The minimum absolute atomic E-state index is 0.160. The van der Waals surface area contributed by atoms with E-state index in [1.807, 2.05) is 6.07 Å². The highest BCUT2D eigenvalue weighted by atomic mass is 16.6. The van der Waals surface area contributed by atoms with Crippen molar-refractivity contribution in [1.82, 2.24) is 4.90 Å². The Labute approximate surface area is 175 Å². The van der Waals surface area contributed by atoms with Gasteiger partial charge in [-0.05, 0) is 30.3 Å². The molecule has 3 rings (SSSR count). The summed E-state index contributed by atoms with van der Waals surface area (Å²) in [5, 5.41) is 15.1. The number of carbonyl (C=O) groups excluding carboxylic acids is 2. The maximum absolute atomic E-state index is 12.6. The van der Waals surface area contributed by atoms with Crippen LogP contribution in [0.4, 0.5) is 26.7 Å². The first-order chi connectivity index (χ1) is 14.5. The Morgan fingerprint density at radius 3 is 2.37 bits per heavy atom. The third kappa shape index (κ3) is 6.02. The topological polar surface area (TPSA) is 103 Å². The number of aromatic hydroxyl groups is 1. The molecule has 1 aliphatic rings. The van der Waals surface area contributed by atoms with Crippen LogP contribution in [0.5, 0.6) is 5.75 Å². The van der Waals surface area contributed by atoms with Gasteiger partial charge in [-0.25, -0.2) is 9.59 Å². The molecule has 3 amide bonds. The number of anilines is 3. The number of hydrogen-bond donors (Lipinski definition) is 3. The minimum Gasteiger partial charge on any atom is -0.508 e. The zero-order chi connectivity index (χ0) is 21.3. The molecule has 0 atom stereocenters. The lowest BCUT2D eigenvalue weighted by atomic mass is 10.2. The van der Waals surface area contributed by atoms with Crippen LogP contribution in [-0.2, 0) is 9.47 Å². The maximum atomic E-state index is 12.6. The van der Waals surface area contributed by atoms with Crippen molar-refractivity contribution in [3.63, 3.8) is 0 Å². The number of urea groups is 1. The van der Waals surface area contributed by atoms with Gasteiger partial charge in [0.05, 0.1) is 6.61 Å². The number of nitrogens with zero attached hydrogens (tertiary/aromatic N) is 2. The quantitative estimate of drug-likeness (QED) is 0.628. The Morgan fingerprint density at radius 1 is 0.967 bits per heavy atom. The molecule has 0 unspecified atom stereocenters. The fourth-order valence-corrected chi connectivity index (χ4v) is 3.11. The monoisotopic (exact) mass is 414 g/mol. The second-order valence-electron chi connectivity index (χ2n) is 6.76. The third-order valence-corrected chi connectivity index (χ3v) is 4.64. The first-order valence-corrected chi connectivity index (χ1v) is 9.68. The number of piperazine rings is 1. The third-order valence-electron chi connectivity index (χ3n) is 4.64. The molecule has 160 valence electrons. The van der Waals surface area contributed by atoms with Crippen LogP contribution in [0.15, 0.2) is 48.5 Å². The summed E-state index contributed by atoms with van der Waals surface area (Å²) in [7, 11) is 1.53. The normalized spacial score (nSPS) is 13.6. The molecule has 9 nitrogen and oxygen atoms in total. The lowest BCUT2D eigenvalue weighted by Gasteiger charge is -2.36. The van der Waals surface area contributed by atoms with Crippen LogP contribution < -0.4 is 15.5 Å². The van der Waals surface area contributed by atoms with Crippen molar-refractivity contribution in [2.75, 3.05) is 62.0 Å². The van der Waals surface area contributed by atoms with Crippen LogP contribution in [0, 0.1) is 0 Å². The average molecular weight is 414 g/mol. The van der Waals surface area contributed by atoms with Crippen LogP contribution in [0.2, 0.25) is 0 Å². The molecule has 30 heavy (non-hydrogen) atoms. The van der Waals surface area contributed by atoms with Gasteiger partial charge in [0, 0.05) is 56.4 Å². The van der Waals surface area contributed by atoms with E-state index in [2.05, 4.69) is 15.5 Å². The highest BCUT2D eigenvalue weighted by Crippen LogP contribution is 2.22. The van der Waals surface area contributed by atoms with Crippen molar-refractivity contribution in [3.05, 3.63) is 48.5 Å². The molecular weight excluding hydrogens is 388 g/mol. The van der Waals surface area contributed by atoms with Crippen molar-refractivity contribution in [2.45, 2.75) is 0 Å². The number of benzene rings is 2. The fourth-order valence-electron chi connectivity index (χ4n) is 3.11. The van der Waals surface area contributed by atoms with Gasteiger partial charge >= 0.3 is 12.1 Å². The van der Waals surface area contributed by atoms with Crippen LogP contribution in [0.3, 0.4) is 0 Å². The number of ether oxygens (including phenoxy) is 2. The summed E-state index contributed by atoms with van der Waals surface area (Å²) in [6.07, 6.45) is -0.585. The van der Waals surface area contributed by atoms with Gasteiger partial charge < -0.3 is 29.7 Å². The molecule has 1 heterocycles. The number of rotatable bonds is 6. The van der Waals surface area contributed by atoms with Crippen molar-refractivity contribution in [2.24, 2.45) is 0 Å². The lowest BCUT2D eigenvalue weighted by Crippen LogP contribution is -2.50. The van der Waals surface area contributed by atoms with Crippen molar-refractivity contribution in [3.8, 4) is 5.75 Å². The molecule has 1 fully saturated rings. The molecule has 0 radical (unpaired) electrons. The predicted molar refractivity (Wildman–Crippen MR) is 114 cm³/mol. The molecule has 0 aliphatic carbocycles. The molecule has 2 aromatic rings. The smallest absolute Gasteiger partial charge is 0.411 e. The number of methoxy groups -OCH3 is 1. The Balaban J connectivity index is 1.50. The summed E-state index contributed by atoms with van der Waals surface area (Å²) >= 11 is 0. The summed E-state index contributed by atoms with van der Waals surface area (Å²) in [6.45, 7) is 2.95. The zero-order valence-electron chi connectivity index (χ0n) is 16.8. The van der Waals surface area contributed by atoms with Crippen molar-refractivity contribution < 1.29 is 24.2 Å². The predicted octanol–water partition coefficient (Wildman–Crippen LogP) is 2.94. The molecular formula is C21H26N4O5. The van der Waals surface area contributed by atoms with E-state index in [1.54, 1.807) is 47.4 Å². The first-order valence-electron chi connectivity index (χ1n) is 9.68. The van der Waals surface area contributed by atoms with E-state index in [4.69, 9.17) is 9.47 Å². The number of amides is 3. The maximum Gasteiger partial charge on any atom is 0.411 e. The highest BCUT2D eigenvalue weighted by Gasteiger charge is 2.21. The molecule has 0 spiro atoms. The van der Waals surface area contributed by atoms with Gasteiger partial charge in [0.15, 0.2) is 0 Å². The van der Waals surface area contributed by atoms with Crippen molar-refractivity contribution in [1.29, 1.82) is 0 Å². The summed E-state index contributed by atoms with van der Waals surface area (Å²) in [5.41, 5.74) is 2.03. The standard InChI is InChI=1S/C21H26N4O5/c1-29-12-13-30-21(28)23-17-5-2-4-16(14-17)22-20(27)25-10-8-24(9-11-25)18-6-3-7-19(26)15-18/h2-7,14-15,26H,8-13H2,1H3,(H,22,27)(H,23,28). The van der Waals surface area contributed by atoms with Gasteiger partial charge in [-0.2, -0.15) is 0 Å². The lowest BCUT2D eigenvalue weighted by molar-refractivity contribution is 0.107. The number of carbonyl (C=O) groups is 2. The van der Waals surface area contributed by atoms with E-state index in [9.17, 15) is 14.7 Å². The van der Waals surface area contributed by atoms with E-state index in [1.165, 1.54) is 7.11 Å². The van der Waals surface area contributed by atoms with Crippen LogP contribution >= 0.6 is 0 Å². The van der Waals surface area contributed by atoms with Gasteiger partial charge in [0.25, 0.3) is 0 Å². The minimum atomic E-state index is -0.585. The van der Waals surface area contributed by atoms with Gasteiger partial charge in [-0.15, -0.1) is 0 Å². The van der Waals surface area contributed by atoms with Crippen LogP contribution in [0.25, 0.3) is 0 Å². The Hall–Kier alpha value is -3.46. The van der Waals surface area contributed by atoms with E-state index >= 15 is 0 Å². The Bertz CT molecular complexity index is 868. The number of phenols is 1. The molecule has 9 heteroatoms. The Kier molecular flexibility index (Phi) is 7.34. The van der Waals surface area contributed by atoms with Crippen LogP contribution in [0.1, 0.15) is 0 Å². The number of hydrogen-bond acceptors (Lipinski definition) is 6. The largest absolute Gasteiger partial charge is 0.508 e. The zero-order valence-corrected chi connectivity index (χ0v) is 16.8. The first kappa shape index (κ1) is 21.3. The number of phenolic OH excluding ortho intramolecular Hbond substituents is 1. The van der Waals surface area contributed by atoms with Crippen LogP contribution in [-0.4, -0.2) is 68.6 Å². The molecule has 1 saturated heterocycles. The van der Waals surface area contributed by atoms with Gasteiger partial charge in [-0.3, -0.25) is 5.32 Å². The second-order valence-corrected chi connectivity index (χ2v) is 6.76. The summed E-state index contributed by atoms with van der Waals surface area (Å²) in [4.78, 5) is 28.2. The highest BCUT2D eigenvalue weighted by molar-refractivity contribution is 5.91. The SMILES string of the molecule is COCCOC(=O)Nc1cccc(NC(=O)N2CCN(c3cccc(O)c3)CC2)c1. The summed E-state index contributed by atoms with van der Waals surface area (Å²) in [6, 6.07) is 13.8. The summed E-state index contributed by atoms with van der Waals surface area (Å²) < 4.78 is 9.79. The van der Waals surface area contributed by atoms with Gasteiger partial charge in [0.2, 0.25) is 0 Å². The number of nitrogens with one attached hydrogen (secondary N) is 2. The molecule has 3 N–H and O–H groups in total. The fraction of sp³-hybridized carbons (Fsp3) is 0.333. The Morgan fingerprint density at radius 2 is 1.67 bits per heavy atom. The molecule has 1 aliphatic heterocycles. The van der Waals surface area contributed by atoms with Gasteiger partial charge in [0.1, 0.15) is 12.4 Å².